The van der Waals surface area contributed by atoms with Gasteiger partial charge in [0.25, 0.3) is 0 Å². The van der Waals surface area contributed by atoms with E-state index in [0.717, 1.165) is 5.03 Å². The van der Waals surface area contributed by atoms with Gasteiger partial charge >= 0.3 is 6.09 Å². The standard InChI is InChI=1S/C19H22N6O5S2/c1-11(8-31-32-14-4-2-3-5-20-14)29-19(28)24-17-16-18(22-9-21-17)25(10-23-16)15-6-12(27)13(7-26)30-15/h2-5,9-13,15,26-27H,6-8H2,1H3,(H,21,22,24,28). The van der Waals surface area contributed by atoms with Gasteiger partial charge in [-0.2, -0.15) is 0 Å². The summed E-state index contributed by atoms with van der Waals surface area (Å²) in [6.45, 7) is 1.52. The smallest absolute Gasteiger partial charge is 0.413 e. The highest BCUT2D eigenvalue weighted by atomic mass is 33.1. The summed E-state index contributed by atoms with van der Waals surface area (Å²) >= 11 is 0. The second-order valence-electron chi connectivity index (χ2n) is 7.04. The minimum absolute atomic E-state index is 0.207. The highest BCUT2D eigenvalue weighted by molar-refractivity contribution is 8.76. The first kappa shape index (κ1) is 22.7. The van der Waals surface area contributed by atoms with E-state index in [-0.39, 0.29) is 24.9 Å². The van der Waals surface area contributed by atoms with Crippen molar-refractivity contribution in [2.75, 3.05) is 17.7 Å². The largest absolute Gasteiger partial charge is 0.445 e. The van der Waals surface area contributed by atoms with E-state index in [1.807, 2.05) is 18.2 Å². The minimum Gasteiger partial charge on any atom is -0.445 e. The van der Waals surface area contributed by atoms with Gasteiger partial charge in [-0.15, -0.1) is 0 Å². The van der Waals surface area contributed by atoms with Crippen LogP contribution in [0.1, 0.15) is 19.6 Å². The number of nitrogens with zero attached hydrogens (tertiary/aromatic N) is 5. The zero-order valence-electron chi connectivity index (χ0n) is 17.1. The van der Waals surface area contributed by atoms with Gasteiger partial charge in [-0.1, -0.05) is 16.9 Å². The Morgan fingerprint density at radius 1 is 1.38 bits per heavy atom. The van der Waals surface area contributed by atoms with E-state index in [1.54, 1.807) is 28.5 Å². The monoisotopic (exact) mass is 478 g/mol. The number of pyridine rings is 1. The van der Waals surface area contributed by atoms with Crippen LogP contribution in [-0.2, 0) is 9.47 Å². The number of carbonyl (C=O) groups is 1. The van der Waals surface area contributed by atoms with Crippen LogP contribution in [0.2, 0.25) is 0 Å². The van der Waals surface area contributed by atoms with Crippen molar-refractivity contribution < 1.29 is 24.5 Å². The average Bonchev–Trinajstić information content (AvgIpc) is 3.38. The SMILES string of the molecule is CC(CSSc1ccccn1)OC(=O)Nc1ncnc2c1ncn2C1CC(O)C(CO)O1. The molecule has 0 radical (unpaired) electrons. The Labute approximate surface area is 191 Å². The van der Waals surface area contributed by atoms with E-state index >= 15 is 0 Å². The van der Waals surface area contributed by atoms with E-state index in [1.165, 1.54) is 23.4 Å². The van der Waals surface area contributed by atoms with Crippen molar-refractivity contribution in [1.82, 2.24) is 24.5 Å². The number of amides is 1. The quantitative estimate of drug-likeness (QED) is 0.410. The summed E-state index contributed by atoms with van der Waals surface area (Å²) < 4.78 is 12.7. The number of aliphatic hydroxyl groups excluding tert-OH is 2. The lowest BCUT2D eigenvalue weighted by Gasteiger charge is -2.14. The maximum atomic E-state index is 12.3. The second-order valence-corrected chi connectivity index (χ2v) is 9.40. The minimum atomic E-state index is -0.785. The Balaban J connectivity index is 1.34. The van der Waals surface area contributed by atoms with Crippen molar-refractivity contribution in [1.29, 1.82) is 0 Å². The third kappa shape index (κ3) is 5.30. The van der Waals surface area contributed by atoms with Crippen LogP contribution in [0.3, 0.4) is 0 Å². The van der Waals surface area contributed by atoms with Crippen LogP contribution < -0.4 is 5.32 Å². The number of aliphatic hydroxyl groups is 2. The summed E-state index contributed by atoms with van der Waals surface area (Å²) in [6.07, 6.45) is 1.85. The number of fused-ring (bicyclic) bond motifs is 1. The normalized spacial score (nSPS) is 21.5. The van der Waals surface area contributed by atoms with E-state index < -0.39 is 24.5 Å². The molecular formula is C19H22N6O5S2. The number of anilines is 1. The van der Waals surface area contributed by atoms with Crippen molar-refractivity contribution >= 4 is 44.7 Å². The van der Waals surface area contributed by atoms with Gasteiger partial charge in [-0.3, -0.25) is 9.88 Å². The predicted octanol–water partition coefficient (Wildman–Crippen LogP) is 2.24. The first-order valence-electron chi connectivity index (χ1n) is 9.85. The number of rotatable bonds is 8. The van der Waals surface area contributed by atoms with E-state index in [2.05, 4.69) is 25.3 Å². The number of hydrogen-bond acceptors (Lipinski definition) is 11. The molecule has 170 valence electrons. The number of aromatic nitrogens is 5. The molecule has 4 unspecified atom stereocenters. The molecule has 0 bridgehead atoms. The maximum absolute atomic E-state index is 12.3. The summed E-state index contributed by atoms with van der Waals surface area (Å²) in [5.41, 5.74) is 0.796. The van der Waals surface area contributed by atoms with E-state index in [4.69, 9.17) is 9.47 Å². The summed E-state index contributed by atoms with van der Waals surface area (Å²) in [5.74, 6) is 0.786. The van der Waals surface area contributed by atoms with Crippen LogP contribution in [0.5, 0.6) is 0 Å². The lowest BCUT2D eigenvalue weighted by atomic mass is 10.2. The molecule has 1 saturated heterocycles. The highest BCUT2D eigenvalue weighted by Gasteiger charge is 2.35. The van der Waals surface area contributed by atoms with Gasteiger partial charge in [0.05, 0.1) is 19.0 Å². The molecule has 1 amide bonds. The molecule has 4 rings (SSSR count). The molecule has 4 atom stereocenters. The van der Waals surface area contributed by atoms with Crippen LogP contribution in [0.4, 0.5) is 10.6 Å². The van der Waals surface area contributed by atoms with Crippen molar-refractivity contribution in [2.24, 2.45) is 0 Å². The number of carbonyl (C=O) groups excluding carboxylic acids is 1. The Bertz CT molecular complexity index is 1060. The molecule has 0 aliphatic carbocycles. The Morgan fingerprint density at radius 3 is 3.00 bits per heavy atom. The van der Waals surface area contributed by atoms with Crippen molar-refractivity contribution in [2.45, 2.75) is 42.9 Å². The second kappa shape index (κ2) is 10.4. The lowest BCUT2D eigenvalue weighted by molar-refractivity contribution is -0.0432. The molecule has 0 saturated carbocycles. The van der Waals surface area contributed by atoms with Gasteiger partial charge in [0.15, 0.2) is 17.0 Å². The molecule has 32 heavy (non-hydrogen) atoms. The molecule has 1 aliphatic heterocycles. The van der Waals surface area contributed by atoms with E-state index in [0.29, 0.717) is 16.9 Å². The zero-order chi connectivity index (χ0) is 22.5. The molecule has 0 aromatic carbocycles. The highest BCUT2D eigenvalue weighted by Crippen LogP contribution is 2.32. The number of imidazole rings is 1. The molecule has 3 aromatic rings. The molecule has 4 heterocycles. The molecule has 1 fully saturated rings. The van der Waals surface area contributed by atoms with Gasteiger partial charge in [-0.25, -0.2) is 24.7 Å². The third-order valence-electron chi connectivity index (χ3n) is 4.67. The lowest BCUT2D eigenvalue weighted by Crippen LogP contribution is -2.24. The van der Waals surface area contributed by atoms with Crippen LogP contribution in [0.15, 0.2) is 42.1 Å². The van der Waals surface area contributed by atoms with Crippen molar-refractivity contribution in [3.8, 4) is 0 Å². The zero-order valence-corrected chi connectivity index (χ0v) is 18.7. The summed E-state index contributed by atoms with van der Waals surface area (Å²) in [6, 6.07) is 5.68. The van der Waals surface area contributed by atoms with Crippen LogP contribution in [-0.4, -0.2) is 71.5 Å². The van der Waals surface area contributed by atoms with Crippen LogP contribution in [0.25, 0.3) is 11.2 Å². The molecule has 13 heteroatoms. The fourth-order valence-corrected chi connectivity index (χ4v) is 5.26. The fourth-order valence-electron chi connectivity index (χ4n) is 3.13. The molecule has 11 nitrogen and oxygen atoms in total. The average molecular weight is 479 g/mol. The van der Waals surface area contributed by atoms with Gasteiger partial charge in [0, 0.05) is 18.4 Å². The Hall–Kier alpha value is -2.45. The molecule has 3 N–H and O–H groups in total. The summed E-state index contributed by atoms with van der Waals surface area (Å²) in [4.78, 5) is 29.2. The van der Waals surface area contributed by atoms with Gasteiger partial charge in [0.2, 0.25) is 0 Å². The molecule has 0 spiro atoms. The van der Waals surface area contributed by atoms with E-state index in [9.17, 15) is 15.0 Å². The summed E-state index contributed by atoms with van der Waals surface area (Å²) in [7, 11) is 3.05. The Kier molecular flexibility index (Phi) is 7.42. The number of ether oxygens (including phenoxy) is 2. The third-order valence-corrected chi connectivity index (χ3v) is 7.08. The molecule has 1 aliphatic rings. The fraction of sp³-hybridized carbons (Fsp3) is 0.421. The van der Waals surface area contributed by atoms with Crippen molar-refractivity contribution in [3.05, 3.63) is 37.1 Å². The molecular weight excluding hydrogens is 456 g/mol. The van der Waals surface area contributed by atoms with Crippen molar-refractivity contribution in [3.63, 3.8) is 0 Å². The van der Waals surface area contributed by atoms with Gasteiger partial charge < -0.3 is 19.7 Å². The van der Waals surface area contributed by atoms with Crippen LogP contribution >= 0.6 is 21.6 Å². The van der Waals surface area contributed by atoms with Crippen LogP contribution in [0, 0.1) is 0 Å². The number of hydrogen-bond donors (Lipinski definition) is 3. The van der Waals surface area contributed by atoms with Gasteiger partial charge in [0.1, 0.15) is 29.8 Å². The number of nitrogens with one attached hydrogen (secondary N) is 1. The van der Waals surface area contributed by atoms with Gasteiger partial charge in [-0.05, 0) is 29.9 Å². The topological polar surface area (TPSA) is 145 Å². The first-order chi connectivity index (χ1) is 15.5. The summed E-state index contributed by atoms with van der Waals surface area (Å²) in [5, 5.41) is 22.8. The molecule has 3 aromatic heterocycles. The maximum Gasteiger partial charge on any atom is 0.413 e. The first-order valence-corrected chi connectivity index (χ1v) is 12.2. The predicted molar refractivity (Wildman–Crippen MR) is 119 cm³/mol. The Morgan fingerprint density at radius 2 is 2.25 bits per heavy atom.